The molecule has 0 aliphatic heterocycles. The molecule has 5 nitrogen and oxygen atoms in total. The second kappa shape index (κ2) is 8.17. The Morgan fingerprint density at radius 1 is 0.958 bits per heavy atom. The van der Waals surface area contributed by atoms with E-state index >= 15 is 0 Å². The van der Waals surface area contributed by atoms with E-state index in [9.17, 15) is 4.21 Å². The Bertz CT molecular complexity index is 788. The summed E-state index contributed by atoms with van der Waals surface area (Å²) in [4.78, 5) is 0.626. The first kappa shape index (κ1) is 18.3. The van der Waals surface area contributed by atoms with Gasteiger partial charge in [0.05, 0.1) is 30.0 Å². The van der Waals surface area contributed by atoms with Crippen LogP contribution in [0.5, 0.6) is 5.75 Å². The smallest absolute Gasteiger partial charge is 0.189 e. The lowest BCUT2D eigenvalue weighted by molar-refractivity contribution is 0.371. The van der Waals surface area contributed by atoms with Gasteiger partial charge < -0.3 is 4.74 Å². The Morgan fingerprint density at radius 3 is 2.25 bits per heavy atom. The molecule has 128 valence electrons. The largest absolute Gasteiger partial charge is 0.496 e. The average Bonchev–Trinajstić information content (AvgIpc) is 2.55. The first-order valence-corrected chi connectivity index (χ1v) is 8.76. The fourth-order valence-electron chi connectivity index (χ4n) is 2.28. The lowest BCUT2D eigenvalue weighted by Gasteiger charge is -2.08. The number of ether oxygens (including phenoxy) is 1. The summed E-state index contributed by atoms with van der Waals surface area (Å²) < 4.78 is 22.3. The van der Waals surface area contributed by atoms with Crippen molar-refractivity contribution >= 4 is 22.5 Å². The predicted octanol–water partition coefficient (Wildman–Crippen LogP) is 5.09. The quantitative estimate of drug-likeness (QED) is 0.684. The van der Waals surface area contributed by atoms with E-state index in [1.165, 1.54) is 0 Å². The third-order valence-corrected chi connectivity index (χ3v) is 4.65. The van der Waals surface area contributed by atoms with E-state index in [0.29, 0.717) is 11.5 Å². The molecule has 0 heterocycles. The highest BCUT2D eigenvalue weighted by Gasteiger charge is 2.07. The van der Waals surface area contributed by atoms with Crippen LogP contribution in [0.3, 0.4) is 0 Å². The van der Waals surface area contributed by atoms with Crippen LogP contribution in [0.15, 0.2) is 45.5 Å². The Hall–Kier alpha value is -2.05. The summed E-state index contributed by atoms with van der Waals surface area (Å²) in [6.07, 6.45) is 0. The van der Waals surface area contributed by atoms with Gasteiger partial charge in [-0.2, -0.15) is 10.2 Å². The lowest BCUT2D eigenvalue weighted by atomic mass is 10.1. The predicted molar refractivity (Wildman–Crippen MR) is 95.9 cm³/mol. The zero-order chi connectivity index (χ0) is 17.7. The van der Waals surface area contributed by atoms with E-state index in [-0.39, 0.29) is 0 Å². The van der Waals surface area contributed by atoms with Gasteiger partial charge in [0.15, 0.2) is 11.1 Å². The zero-order valence-electron chi connectivity index (χ0n) is 14.6. The Morgan fingerprint density at radius 2 is 1.62 bits per heavy atom. The molecule has 1 unspecified atom stereocenters. The molecule has 0 fully saturated rings. The van der Waals surface area contributed by atoms with Gasteiger partial charge in [-0.25, -0.2) is 4.21 Å². The maximum absolute atomic E-state index is 11.9. The van der Waals surface area contributed by atoms with Crippen molar-refractivity contribution in [1.29, 1.82) is 0 Å². The minimum Gasteiger partial charge on any atom is -0.496 e. The fourth-order valence-corrected chi connectivity index (χ4v) is 3.08. The molecule has 0 spiro atoms. The van der Waals surface area contributed by atoms with Crippen molar-refractivity contribution in [3.63, 3.8) is 0 Å². The van der Waals surface area contributed by atoms with Crippen LogP contribution < -0.4 is 4.74 Å². The summed E-state index contributed by atoms with van der Waals surface area (Å²) in [6, 6.07) is 9.25. The van der Waals surface area contributed by atoms with E-state index in [1.54, 1.807) is 19.2 Å². The van der Waals surface area contributed by atoms with Crippen LogP contribution >= 0.6 is 0 Å². The van der Waals surface area contributed by atoms with Crippen molar-refractivity contribution in [2.24, 2.45) is 10.2 Å². The third kappa shape index (κ3) is 4.27. The number of aryl methyl sites for hydroxylation is 3. The van der Waals surface area contributed by atoms with Crippen LogP contribution in [0.1, 0.15) is 23.6 Å². The fraction of sp³-hybridized carbons (Fsp3) is 0.333. The molecule has 0 aliphatic carbocycles. The zero-order valence-corrected chi connectivity index (χ0v) is 15.4. The molecule has 0 bridgehead atoms. The van der Waals surface area contributed by atoms with Crippen molar-refractivity contribution in [2.75, 3.05) is 13.7 Å². The highest BCUT2D eigenvalue weighted by atomic mass is 32.2. The topological polar surface area (TPSA) is 60.2 Å². The summed E-state index contributed by atoms with van der Waals surface area (Å²) in [5.74, 6) is 0.786. The van der Waals surface area contributed by atoms with E-state index in [4.69, 9.17) is 8.92 Å². The summed E-state index contributed by atoms with van der Waals surface area (Å²) in [6.45, 7) is 8.10. The highest BCUT2D eigenvalue weighted by Crippen LogP contribution is 2.30. The van der Waals surface area contributed by atoms with E-state index < -0.39 is 11.1 Å². The molecule has 0 amide bonds. The Balaban J connectivity index is 2.28. The summed E-state index contributed by atoms with van der Waals surface area (Å²) in [5, 5.41) is 8.65. The number of hydrogen-bond donors (Lipinski definition) is 0. The number of nitrogens with zero attached hydrogens (tertiary/aromatic N) is 2. The molecule has 0 saturated heterocycles. The van der Waals surface area contributed by atoms with Crippen LogP contribution in [0, 0.1) is 20.8 Å². The molecule has 0 saturated carbocycles. The van der Waals surface area contributed by atoms with Crippen molar-refractivity contribution in [2.45, 2.75) is 32.6 Å². The van der Waals surface area contributed by atoms with Crippen molar-refractivity contribution in [1.82, 2.24) is 0 Å². The lowest BCUT2D eigenvalue weighted by Crippen LogP contribution is -1.97. The normalized spacial score (nSPS) is 12.5. The number of hydrogen-bond acceptors (Lipinski definition) is 5. The maximum Gasteiger partial charge on any atom is 0.189 e. The molecule has 1 atom stereocenters. The molecule has 0 aliphatic rings. The van der Waals surface area contributed by atoms with Crippen LogP contribution in [-0.2, 0) is 15.3 Å². The first-order valence-electron chi connectivity index (χ1n) is 7.69. The van der Waals surface area contributed by atoms with Crippen LogP contribution in [0.2, 0.25) is 0 Å². The Labute approximate surface area is 145 Å². The standard InChI is InChI=1S/C18H22N2O3S/c1-6-23-24(21)15-7-8-16(13(3)10-15)19-20-17-11-18(22-5)14(4)9-12(17)2/h7-11H,6H2,1-5H3. The van der Waals surface area contributed by atoms with Gasteiger partial charge in [-0.1, -0.05) is 6.07 Å². The van der Waals surface area contributed by atoms with Gasteiger partial charge in [-0.05, 0) is 62.6 Å². The number of azo groups is 1. The van der Waals surface area contributed by atoms with E-state index in [0.717, 1.165) is 33.8 Å². The van der Waals surface area contributed by atoms with Crippen LogP contribution in [0.4, 0.5) is 11.4 Å². The summed E-state index contributed by atoms with van der Waals surface area (Å²) >= 11 is -1.44. The molecule has 2 aromatic rings. The van der Waals surface area contributed by atoms with E-state index in [1.807, 2.05) is 45.9 Å². The van der Waals surface area contributed by atoms with Crippen molar-refractivity contribution in [3.8, 4) is 5.75 Å². The minimum absolute atomic E-state index is 0.404. The molecule has 6 heteroatoms. The molecule has 0 N–H and O–H groups in total. The van der Waals surface area contributed by atoms with Crippen LogP contribution in [0.25, 0.3) is 0 Å². The molecule has 0 aromatic heterocycles. The SMILES string of the molecule is CCOS(=O)c1ccc(N=Nc2cc(OC)c(C)cc2C)c(C)c1. The second-order valence-corrected chi connectivity index (χ2v) is 6.57. The molecule has 0 radical (unpaired) electrons. The number of rotatable bonds is 6. The molecule has 2 aromatic carbocycles. The number of benzene rings is 2. The van der Waals surface area contributed by atoms with Gasteiger partial charge in [-0.3, -0.25) is 4.18 Å². The van der Waals surface area contributed by atoms with Crippen molar-refractivity contribution in [3.05, 3.63) is 47.0 Å². The summed E-state index contributed by atoms with van der Waals surface area (Å²) in [5.41, 5.74) is 4.47. The maximum atomic E-state index is 11.9. The van der Waals surface area contributed by atoms with Gasteiger partial charge in [0.2, 0.25) is 0 Å². The molecule has 2 rings (SSSR count). The van der Waals surface area contributed by atoms with Crippen molar-refractivity contribution < 1.29 is 13.1 Å². The second-order valence-electron chi connectivity index (χ2n) is 5.40. The average molecular weight is 346 g/mol. The first-order chi connectivity index (χ1) is 11.5. The number of methoxy groups -OCH3 is 1. The van der Waals surface area contributed by atoms with Gasteiger partial charge in [0, 0.05) is 6.07 Å². The van der Waals surface area contributed by atoms with Gasteiger partial charge in [0.1, 0.15) is 5.75 Å². The monoisotopic (exact) mass is 346 g/mol. The third-order valence-electron chi connectivity index (χ3n) is 3.56. The highest BCUT2D eigenvalue weighted by molar-refractivity contribution is 7.80. The summed E-state index contributed by atoms with van der Waals surface area (Å²) in [7, 11) is 1.64. The van der Waals surface area contributed by atoms with Gasteiger partial charge in [0.25, 0.3) is 0 Å². The van der Waals surface area contributed by atoms with Crippen LogP contribution in [-0.4, -0.2) is 17.9 Å². The molecular weight excluding hydrogens is 324 g/mol. The van der Waals surface area contributed by atoms with Gasteiger partial charge >= 0.3 is 0 Å². The molecule has 24 heavy (non-hydrogen) atoms. The van der Waals surface area contributed by atoms with Gasteiger partial charge in [-0.15, -0.1) is 0 Å². The Kier molecular flexibility index (Phi) is 6.23. The minimum atomic E-state index is -1.44. The molecular formula is C18H22N2O3S. The van der Waals surface area contributed by atoms with E-state index in [2.05, 4.69) is 10.2 Å².